The summed E-state index contributed by atoms with van der Waals surface area (Å²) in [6.07, 6.45) is 14.1. The van der Waals surface area contributed by atoms with Gasteiger partial charge >= 0.3 is 0 Å². The van der Waals surface area contributed by atoms with Gasteiger partial charge in [0.05, 0.1) is 20.3 Å². The van der Waals surface area contributed by atoms with Crippen LogP contribution in [-0.2, 0) is 6.42 Å². The summed E-state index contributed by atoms with van der Waals surface area (Å²) >= 11 is 0. The van der Waals surface area contributed by atoms with Crippen LogP contribution < -0.4 is 15.2 Å². The predicted octanol–water partition coefficient (Wildman–Crippen LogP) is 5.88. The first-order chi connectivity index (χ1) is 14.5. The van der Waals surface area contributed by atoms with Gasteiger partial charge in [-0.15, -0.1) is 0 Å². The first kappa shape index (κ1) is 25.0. The third-order valence-electron chi connectivity index (χ3n) is 6.28. The zero-order valence-electron chi connectivity index (χ0n) is 19.6. The van der Waals surface area contributed by atoms with Gasteiger partial charge in [-0.25, -0.2) is 0 Å². The summed E-state index contributed by atoms with van der Waals surface area (Å²) < 4.78 is 11.5. The van der Waals surface area contributed by atoms with E-state index in [0.29, 0.717) is 5.92 Å². The lowest BCUT2D eigenvalue weighted by atomic mass is 9.88. The minimum Gasteiger partial charge on any atom is -0.493 e. The Bertz CT molecular complexity index is 600. The summed E-state index contributed by atoms with van der Waals surface area (Å²) in [5, 5.41) is 9.74. The summed E-state index contributed by atoms with van der Waals surface area (Å²) in [6, 6.07) is 6.17. The summed E-state index contributed by atoms with van der Waals surface area (Å²) in [5.74, 6) is 3.15. The molecule has 1 aromatic carbocycles. The van der Waals surface area contributed by atoms with Crippen molar-refractivity contribution in [2.24, 2.45) is 17.6 Å². The molecule has 0 aliphatic heterocycles. The number of ether oxygens (including phenoxy) is 2. The molecule has 0 amide bonds. The van der Waals surface area contributed by atoms with Crippen molar-refractivity contribution in [3.8, 4) is 11.5 Å². The monoisotopic (exact) mass is 419 g/mol. The Morgan fingerprint density at radius 2 is 1.77 bits per heavy atom. The second kappa shape index (κ2) is 13.2. The molecule has 1 aliphatic carbocycles. The van der Waals surface area contributed by atoms with E-state index >= 15 is 0 Å². The van der Waals surface area contributed by atoms with Crippen molar-refractivity contribution < 1.29 is 14.6 Å². The number of benzene rings is 1. The van der Waals surface area contributed by atoms with E-state index in [1.807, 2.05) is 6.07 Å². The summed E-state index contributed by atoms with van der Waals surface area (Å²) in [4.78, 5) is 0. The molecule has 1 saturated carbocycles. The van der Waals surface area contributed by atoms with Gasteiger partial charge in [0.1, 0.15) is 0 Å². The number of aliphatic hydroxyl groups is 1. The number of aryl methyl sites for hydroxylation is 1. The quantitative estimate of drug-likeness (QED) is 0.309. The Kier molecular flexibility index (Phi) is 11.0. The lowest BCUT2D eigenvalue weighted by Crippen LogP contribution is -2.44. The van der Waals surface area contributed by atoms with Crippen LogP contribution in [0.25, 0.3) is 0 Å². The highest BCUT2D eigenvalue weighted by molar-refractivity contribution is 5.43. The number of hydrogen-bond donors (Lipinski definition) is 2. The molecule has 1 atom stereocenters. The van der Waals surface area contributed by atoms with Crippen molar-refractivity contribution in [2.45, 2.75) is 96.4 Å². The zero-order valence-corrected chi connectivity index (χ0v) is 19.6. The standard InChI is InChI=1S/C26H45NO3/c1-21(2)10-8-6-4-5-7-9-17-30-24-14-13-22(18-25(24)29-3)15-16-26(27,20-28)19-23-11-12-23/h13-14,18,21,23,28H,4-12,15-17,19-20,27H2,1-3H3/t26-/m0/s1. The van der Waals surface area contributed by atoms with Crippen LogP contribution >= 0.6 is 0 Å². The van der Waals surface area contributed by atoms with Crippen LogP contribution in [0, 0.1) is 11.8 Å². The molecule has 0 saturated heterocycles. The topological polar surface area (TPSA) is 64.7 Å². The van der Waals surface area contributed by atoms with Gasteiger partial charge in [-0.1, -0.05) is 71.3 Å². The molecule has 0 heterocycles. The Labute approximate surface area is 184 Å². The van der Waals surface area contributed by atoms with E-state index in [9.17, 15) is 5.11 Å². The van der Waals surface area contributed by atoms with E-state index in [1.54, 1.807) is 7.11 Å². The largest absolute Gasteiger partial charge is 0.493 e. The van der Waals surface area contributed by atoms with E-state index in [1.165, 1.54) is 56.9 Å². The molecule has 172 valence electrons. The first-order valence-corrected chi connectivity index (χ1v) is 12.2. The van der Waals surface area contributed by atoms with Crippen molar-refractivity contribution in [3.05, 3.63) is 23.8 Å². The predicted molar refractivity (Wildman–Crippen MR) is 125 cm³/mol. The second-order valence-corrected chi connectivity index (χ2v) is 9.81. The maximum Gasteiger partial charge on any atom is 0.161 e. The van der Waals surface area contributed by atoms with Gasteiger partial charge in [0, 0.05) is 5.54 Å². The van der Waals surface area contributed by atoms with Crippen LogP contribution in [0.3, 0.4) is 0 Å². The van der Waals surface area contributed by atoms with Crippen LogP contribution in [-0.4, -0.2) is 31.0 Å². The molecule has 0 spiro atoms. The minimum atomic E-state index is -0.460. The summed E-state index contributed by atoms with van der Waals surface area (Å²) in [7, 11) is 1.69. The van der Waals surface area contributed by atoms with Crippen molar-refractivity contribution >= 4 is 0 Å². The molecule has 3 N–H and O–H groups in total. The second-order valence-electron chi connectivity index (χ2n) is 9.81. The number of hydrogen-bond acceptors (Lipinski definition) is 4. The third kappa shape index (κ3) is 9.70. The molecular weight excluding hydrogens is 374 g/mol. The fourth-order valence-electron chi connectivity index (χ4n) is 4.07. The smallest absolute Gasteiger partial charge is 0.161 e. The molecule has 0 radical (unpaired) electrons. The van der Waals surface area contributed by atoms with Gasteiger partial charge in [-0.05, 0) is 55.2 Å². The van der Waals surface area contributed by atoms with E-state index < -0.39 is 5.54 Å². The molecule has 30 heavy (non-hydrogen) atoms. The number of aliphatic hydroxyl groups excluding tert-OH is 1. The fourth-order valence-corrected chi connectivity index (χ4v) is 4.07. The van der Waals surface area contributed by atoms with Crippen LogP contribution in [0.5, 0.6) is 11.5 Å². The third-order valence-corrected chi connectivity index (χ3v) is 6.28. The highest BCUT2D eigenvalue weighted by atomic mass is 16.5. The maximum absolute atomic E-state index is 9.74. The van der Waals surface area contributed by atoms with Crippen molar-refractivity contribution in [1.29, 1.82) is 0 Å². The number of nitrogens with two attached hydrogens (primary N) is 1. The average Bonchev–Trinajstić information content (AvgIpc) is 3.55. The average molecular weight is 420 g/mol. The Balaban J connectivity index is 1.68. The summed E-state index contributed by atoms with van der Waals surface area (Å²) in [6.45, 7) is 5.39. The van der Waals surface area contributed by atoms with Gasteiger partial charge in [-0.2, -0.15) is 0 Å². The molecular formula is C26H45NO3. The maximum atomic E-state index is 9.74. The van der Waals surface area contributed by atoms with Crippen LogP contribution in [0.4, 0.5) is 0 Å². The van der Waals surface area contributed by atoms with Crippen LogP contribution in [0.1, 0.15) is 90.0 Å². The lowest BCUT2D eigenvalue weighted by molar-refractivity contribution is 0.172. The van der Waals surface area contributed by atoms with Gasteiger partial charge < -0.3 is 20.3 Å². The molecule has 1 aromatic rings. The van der Waals surface area contributed by atoms with Gasteiger partial charge in [-0.3, -0.25) is 0 Å². The van der Waals surface area contributed by atoms with Gasteiger partial charge in [0.2, 0.25) is 0 Å². The highest BCUT2D eigenvalue weighted by Crippen LogP contribution is 2.37. The fraction of sp³-hybridized carbons (Fsp3) is 0.769. The van der Waals surface area contributed by atoms with E-state index in [-0.39, 0.29) is 6.61 Å². The molecule has 0 unspecified atom stereocenters. The Morgan fingerprint density at radius 3 is 2.40 bits per heavy atom. The van der Waals surface area contributed by atoms with E-state index in [0.717, 1.165) is 49.7 Å². The van der Waals surface area contributed by atoms with Crippen molar-refractivity contribution in [3.63, 3.8) is 0 Å². The molecule has 1 aliphatic rings. The van der Waals surface area contributed by atoms with Gasteiger partial charge in [0.25, 0.3) is 0 Å². The Morgan fingerprint density at radius 1 is 1.07 bits per heavy atom. The molecule has 4 nitrogen and oxygen atoms in total. The van der Waals surface area contributed by atoms with E-state index in [2.05, 4.69) is 26.0 Å². The molecule has 0 bridgehead atoms. The van der Waals surface area contributed by atoms with Gasteiger partial charge in [0.15, 0.2) is 11.5 Å². The minimum absolute atomic E-state index is 0.0551. The summed E-state index contributed by atoms with van der Waals surface area (Å²) in [5.41, 5.74) is 7.15. The van der Waals surface area contributed by atoms with Crippen molar-refractivity contribution in [2.75, 3.05) is 20.3 Å². The Hall–Kier alpha value is -1.26. The number of rotatable bonds is 17. The molecule has 4 heteroatoms. The molecule has 0 aromatic heterocycles. The molecule has 2 rings (SSSR count). The van der Waals surface area contributed by atoms with Crippen molar-refractivity contribution in [1.82, 2.24) is 0 Å². The first-order valence-electron chi connectivity index (χ1n) is 12.2. The SMILES string of the molecule is COc1cc(CC[C@@](N)(CO)CC2CC2)ccc1OCCCCCCCCC(C)C. The lowest BCUT2D eigenvalue weighted by Gasteiger charge is -2.27. The highest BCUT2D eigenvalue weighted by Gasteiger charge is 2.33. The van der Waals surface area contributed by atoms with E-state index in [4.69, 9.17) is 15.2 Å². The molecule has 1 fully saturated rings. The zero-order chi connectivity index (χ0) is 21.8. The van der Waals surface area contributed by atoms with Crippen LogP contribution in [0.2, 0.25) is 0 Å². The number of methoxy groups -OCH3 is 1. The number of unbranched alkanes of at least 4 members (excludes halogenated alkanes) is 5. The van der Waals surface area contributed by atoms with Crippen LogP contribution in [0.15, 0.2) is 18.2 Å². The normalized spacial score (nSPS) is 15.9.